The van der Waals surface area contributed by atoms with Gasteiger partial charge in [-0.2, -0.15) is 0 Å². The maximum atomic E-state index is 13.4. The molecular weight excluding hydrogens is 281 g/mol. The zero-order valence-corrected chi connectivity index (χ0v) is 12.0. The second-order valence-electron chi connectivity index (χ2n) is 4.97. The minimum absolute atomic E-state index is 0.102. The maximum Gasteiger partial charge on any atom is 0.142 e. The van der Waals surface area contributed by atoms with E-state index in [0.717, 1.165) is 5.56 Å². The van der Waals surface area contributed by atoms with Gasteiger partial charge >= 0.3 is 0 Å². The first-order valence-corrected chi connectivity index (χ1v) is 7.64. The van der Waals surface area contributed by atoms with Crippen LogP contribution in [-0.4, -0.2) is 0 Å². The second kappa shape index (κ2) is 5.23. The Bertz CT molecular complexity index is 587. The van der Waals surface area contributed by atoms with Gasteiger partial charge in [0.05, 0.1) is 5.02 Å². The molecule has 100 valence electrons. The van der Waals surface area contributed by atoms with Crippen molar-refractivity contribution in [3.05, 3.63) is 56.0 Å². The van der Waals surface area contributed by atoms with Crippen LogP contribution in [0, 0.1) is 5.82 Å². The summed E-state index contributed by atoms with van der Waals surface area (Å²) in [5.41, 5.74) is 8.46. The molecule has 2 aromatic rings. The molecule has 0 amide bonds. The van der Waals surface area contributed by atoms with E-state index in [-0.39, 0.29) is 16.9 Å². The monoisotopic (exact) mass is 295 g/mol. The van der Waals surface area contributed by atoms with E-state index >= 15 is 0 Å². The Labute approximate surface area is 121 Å². The molecule has 0 saturated carbocycles. The van der Waals surface area contributed by atoms with Gasteiger partial charge in [0.2, 0.25) is 0 Å². The SMILES string of the molecule is NC(Cc1cccc(F)c1Cl)c1cc2c(s1)CCC2. The molecule has 0 spiro atoms. The van der Waals surface area contributed by atoms with Crippen LogP contribution in [0.2, 0.25) is 5.02 Å². The lowest BCUT2D eigenvalue weighted by molar-refractivity contribution is 0.623. The predicted molar refractivity (Wildman–Crippen MR) is 78.4 cm³/mol. The van der Waals surface area contributed by atoms with Crippen molar-refractivity contribution in [2.45, 2.75) is 31.7 Å². The van der Waals surface area contributed by atoms with Crippen LogP contribution < -0.4 is 5.73 Å². The van der Waals surface area contributed by atoms with Crippen LogP contribution >= 0.6 is 22.9 Å². The molecular formula is C15H15ClFNS. The Kier molecular flexibility index (Phi) is 3.61. The first kappa shape index (κ1) is 13.1. The lowest BCUT2D eigenvalue weighted by Crippen LogP contribution is -2.12. The third-order valence-electron chi connectivity index (χ3n) is 3.60. The van der Waals surface area contributed by atoms with E-state index in [0.29, 0.717) is 6.42 Å². The summed E-state index contributed by atoms with van der Waals surface area (Å²) in [6, 6.07) is 7.00. The molecule has 1 aromatic carbocycles. The lowest BCUT2D eigenvalue weighted by atomic mass is 10.0. The third kappa shape index (κ3) is 2.55. The first-order chi connectivity index (χ1) is 9.15. The molecule has 19 heavy (non-hydrogen) atoms. The standard InChI is InChI=1S/C15H15ClFNS/c16-15-10(4-1-5-11(15)17)7-12(18)14-8-9-3-2-6-13(9)19-14/h1,4-5,8,12H,2-3,6-7,18H2. The normalized spacial score (nSPS) is 15.5. The van der Waals surface area contributed by atoms with Crippen LogP contribution in [-0.2, 0) is 19.3 Å². The molecule has 0 fully saturated rings. The molecule has 0 radical (unpaired) electrons. The van der Waals surface area contributed by atoms with Gasteiger partial charge in [0.25, 0.3) is 0 Å². The van der Waals surface area contributed by atoms with Crippen molar-refractivity contribution in [3.8, 4) is 0 Å². The summed E-state index contributed by atoms with van der Waals surface area (Å²) in [6.45, 7) is 0. The predicted octanol–water partition coefficient (Wildman–Crippen LogP) is 4.27. The van der Waals surface area contributed by atoms with E-state index in [1.54, 1.807) is 17.4 Å². The zero-order valence-electron chi connectivity index (χ0n) is 10.5. The number of nitrogens with two attached hydrogens (primary N) is 1. The van der Waals surface area contributed by atoms with Crippen LogP contribution in [0.5, 0.6) is 0 Å². The summed E-state index contributed by atoms with van der Waals surface area (Å²) in [5.74, 6) is -0.375. The van der Waals surface area contributed by atoms with Crippen LogP contribution in [0.15, 0.2) is 24.3 Å². The molecule has 4 heteroatoms. The van der Waals surface area contributed by atoms with Gasteiger partial charge in [-0.15, -0.1) is 11.3 Å². The van der Waals surface area contributed by atoms with Crippen LogP contribution in [0.3, 0.4) is 0 Å². The van der Waals surface area contributed by atoms with Gasteiger partial charge in [-0.25, -0.2) is 4.39 Å². The Morgan fingerprint density at radius 2 is 2.21 bits per heavy atom. The highest BCUT2D eigenvalue weighted by Gasteiger charge is 2.19. The van der Waals surface area contributed by atoms with Gasteiger partial charge in [-0.1, -0.05) is 23.7 Å². The Morgan fingerprint density at radius 3 is 3.00 bits per heavy atom. The van der Waals surface area contributed by atoms with E-state index in [1.165, 1.54) is 40.6 Å². The molecule has 3 rings (SSSR count). The van der Waals surface area contributed by atoms with Crippen molar-refractivity contribution in [1.29, 1.82) is 0 Å². The average molecular weight is 296 g/mol. The van der Waals surface area contributed by atoms with Crippen molar-refractivity contribution in [1.82, 2.24) is 0 Å². The van der Waals surface area contributed by atoms with Gasteiger partial charge in [0, 0.05) is 15.8 Å². The minimum Gasteiger partial charge on any atom is -0.323 e. The topological polar surface area (TPSA) is 26.0 Å². The molecule has 1 aliphatic carbocycles. The molecule has 1 atom stereocenters. The Morgan fingerprint density at radius 1 is 1.37 bits per heavy atom. The van der Waals surface area contributed by atoms with Gasteiger partial charge in [0.15, 0.2) is 0 Å². The molecule has 1 nitrogen and oxygen atoms in total. The van der Waals surface area contributed by atoms with Crippen molar-refractivity contribution in [2.75, 3.05) is 0 Å². The van der Waals surface area contributed by atoms with E-state index in [1.807, 2.05) is 6.07 Å². The maximum absolute atomic E-state index is 13.4. The third-order valence-corrected chi connectivity index (χ3v) is 5.39. The summed E-state index contributed by atoms with van der Waals surface area (Å²) in [5, 5.41) is 0.196. The second-order valence-corrected chi connectivity index (χ2v) is 6.52. The van der Waals surface area contributed by atoms with Crippen LogP contribution in [0.25, 0.3) is 0 Å². The van der Waals surface area contributed by atoms with Crippen molar-refractivity contribution < 1.29 is 4.39 Å². The summed E-state index contributed by atoms with van der Waals surface area (Å²) >= 11 is 7.77. The fourth-order valence-corrected chi connectivity index (χ4v) is 4.04. The molecule has 1 heterocycles. The molecule has 2 N–H and O–H groups in total. The summed E-state index contributed by atoms with van der Waals surface area (Å²) in [7, 11) is 0. The number of benzene rings is 1. The fourth-order valence-electron chi connectivity index (χ4n) is 2.58. The quantitative estimate of drug-likeness (QED) is 0.899. The molecule has 1 aliphatic rings. The Hall–Kier alpha value is -0.900. The smallest absolute Gasteiger partial charge is 0.142 e. The number of thiophene rings is 1. The molecule has 0 bridgehead atoms. The van der Waals surface area contributed by atoms with E-state index in [2.05, 4.69) is 6.07 Å². The number of hydrogen-bond donors (Lipinski definition) is 1. The number of halogens is 2. The van der Waals surface area contributed by atoms with E-state index in [9.17, 15) is 4.39 Å². The Balaban J connectivity index is 1.80. The van der Waals surface area contributed by atoms with Gasteiger partial charge < -0.3 is 5.73 Å². The molecule has 0 aliphatic heterocycles. The number of aryl methyl sites for hydroxylation is 2. The van der Waals surface area contributed by atoms with E-state index < -0.39 is 0 Å². The van der Waals surface area contributed by atoms with Crippen LogP contribution in [0.4, 0.5) is 4.39 Å². The highest BCUT2D eigenvalue weighted by molar-refractivity contribution is 7.12. The minimum atomic E-state index is -0.375. The highest BCUT2D eigenvalue weighted by Crippen LogP contribution is 2.34. The van der Waals surface area contributed by atoms with Gasteiger partial charge in [-0.3, -0.25) is 0 Å². The summed E-state index contributed by atoms with van der Waals surface area (Å²) < 4.78 is 13.4. The first-order valence-electron chi connectivity index (χ1n) is 6.45. The molecule has 1 aromatic heterocycles. The number of fused-ring (bicyclic) bond motifs is 1. The fraction of sp³-hybridized carbons (Fsp3) is 0.333. The number of rotatable bonds is 3. The van der Waals surface area contributed by atoms with Crippen molar-refractivity contribution >= 4 is 22.9 Å². The highest BCUT2D eigenvalue weighted by atomic mass is 35.5. The summed E-state index contributed by atoms with van der Waals surface area (Å²) in [4.78, 5) is 2.65. The zero-order chi connectivity index (χ0) is 13.4. The van der Waals surface area contributed by atoms with Gasteiger partial charge in [0.1, 0.15) is 5.82 Å². The lowest BCUT2D eigenvalue weighted by Gasteiger charge is -2.11. The van der Waals surface area contributed by atoms with Crippen LogP contribution in [0.1, 0.15) is 33.3 Å². The van der Waals surface area contributed by atoms with Crippen molar-refractivity contribution in [2.24, 2.45) is 5.73 Å². The average Bonchev–Trinajstić information content (AvgIpc) is 2.95. The van der Waals surface area contributed by atoms with Crippen molar-refractivity contribution in [3.63, 3.8) is 0 Å². The molecule has 1 unspecified atom stereocenters. The van der Waals surface area contributed by atoms with Gasteiger partial charge in [-0.05, 0) is 48.9 Å². The van der Waals surface area contributed by atoms with E-state index in [4.69, 9.17) is 17.3 Å². The number of hydrogen-bond acceptors (Lipinski definition) is 2. The molecule has 0 saturated heterocycles. The summed E-state index contributed by atoms with van der Waals surface area (Å²) in [6.07, 6.45) is 4.18. The largest absolute Gasteiger partial charge is 0.323 e.